The van der Waals surface area contributed by atoms with Crippen molar-refractivity contribution in [2.75, 3.05) is 0 Å². The van der Waals surface area contributed by atoms with Gasteiger partial charge in [0.1, 0.15) is 5.82 Å². The third kappa shape index (κ3) is 3.29. The first-order valence-corrected chi connectivity index (χ1v) is 11.3. The van der Waals surface area contributed by atoms with Gasteiger partial charge in [0.15, 0.2) is 5.60 Å². The van der Waals surface area contributed by atoms with Crippen molar-refractivity contribution < 1.29 is 14.3 Å². The van der Waals surface area contributed by atoms with Crippen molar-refractivity contribution in [1.82, 2.24) is 19.4 Å². The largest absolute Gasteiger partial charge is 0.375 e. The van der Waals surface area contributed by atoms with E-state index < -0.39 is 17.3 Å². The lowest BCUT2D eigenvalue weighted by Crippen LogP contribution is -2.38. The van der Waals surface area contributed by atoms with Gasteiger partial charge in [-0.3, -0.25) is 14.2 Å². The molecule has 1 aliphatic rings. The van der Waals surface area contributed by atoms with E-state index in [1.165, 1.54) is 24.6 Å². The molecule has 0 spiro atoms. The molecule has 0 saturated heterocycles. The summed E-state index contributed by atoms with van der Waals surface area (Å²) in [5.41, 5.74) is 7.21. The van der Waals surface area contributed by atoms with Crippen molar-refractivity contribution in [2.24, 2.45) is 5.73 Å². The van der Waals surface area contributed by atoms with Gasteiger partial charge in [-0.1, -0.05) is 24.3 Å². The van der Waals surface area contributed by atoms with Crippen molar-refractivity contribution >= 4 is 22.6 Å². The number of carbonyl (C=O) groups excluding carboxylic acids is 1. The SMILES string of the molecule is CC(O)(C(N)=O)c1ccc(-c2cnc3ncc(C4(c5ccc6ncccc6c5)CC4)n3c2)cc1F. The Morgan fingerprint density at radius 1 is 1.09 bits per heavy atom. The van der Waals surface area contributed by atoms with Crippen LogP contribution in [0.25, 0.3) is 27.8 Å². The maximum absolute atomic E-state index is 14.9. The number of benzene rings is 2. The molecule has 0 bridgehead atoms. The smallest absolute Gasteiger partial charge is 0.253 e. The minimum Gasteiger partial charge on any atom is -0.375 e. The number of nitrogens with zero attached hydrogens (tertiary/aromatic N) is 4. The third-order valence-electron chi connectivity index (χ3n) is 7.07. The number of hydrogen-bond acceptors (Lipinski definition) is 5. The zero-order valence-corrected chi connectivity index (χ0v) is 18.9. The number of nitrogens with two attached hydrogens (primary N) is 1. The summed E-state index contributed by atoms with van der Waals surface area (Å²) < 4.78 is 16.8. The highest BCUT2D eigenvalue weighted by atomic mass is 19.1. The molecule has 0 aliphatic heterocycles. The van der Waals surface area contributed by atoms with Gasteiger partial charge in [-0.2, -0.15) is 0 Å². The summed E-state index contributed by atoms with van der Waals surface area (Å²) in [6.07, 6.45) is 9.16. The topological polar surface area (TPSA) is 106 Å². The standard InChI is InChI=1S/C27H22FN5O2/c1-26(35,24(29)34)20-6-4-16(12-21(20)28)18-13-31-25-32-14-23(33(25)15-18)27(8-9-27)19-5-7-22-17(11-19)3-2-10-30-22/h2-7,10-15,35H,8-9H2,1H3,(H2,29,34). The molecule has 174 valence electrons. The summed E-state index contributed by atoms with van der Waals surface area (Å²) in [5.74, 6) is -1.18. The number of pyridine rings is 1. The average Bonchev–Trinajstić information content (AvgIpc) is 3.55. The Labute approximate surface area is 200 Å². The van der Waals surface area contributed by atoms with E-state index in [2.05, 4.69) is 33.2 Å². The van der Waals surface area contributed by atoms with Crippen LogP contribution in [-0.4, -0.2) is 30.4 Å². The van der Waals surface area contributed by atoms with Gasteiger partial charge in [-0.15, -0.1) is 0 Å². The first-order valence-electron chi connectivity index (χ1n) is 11.3. The molecule has 8 heteroatoms. The minimum atomic E-state index is -2.10. The van der Waals surface area contributed by atoms with Gasteiger partial charge < -0.3 is 10.8 Å². The number of halogens is 1. The van der Waals surface area contributed by atoms with Gasteiger partial charge in [0.25, 0.3) is 5.91 Å². The zero-order valence-electron chi connectivity index (χ0n) is 18.9. The molecule has 0 radical (unpaired) electrons. The molecule has 7 nitrogen and oxygen atoms in total. The van der Waals surface area contributed by atoms with Crippen LogP contribution in [0.15, 0.2) is 73.3 Å². The van der Waals surface area contributed by atoms with Crippen LogP contribution >= 0.6 is 0 Å². The monoisotopic (exact) mass is 467 g/mol. The molecule has 2 aromatic carbocycles. The second kappa shape index (κ2) is 7.41. The van der Waals surface area contributed by atoms with Gasteiger partial charge in [-0.25, -0.2) is 14.4 Å². The van der Waals surface area contributed by atoms with Crippen molar-refractivity contribution in [3.05, 3.63) is 96.0 Å². The summed E-state index contributed by atoms with van der Waals surface area (Å²) in [6, 6.07) is 14.6. The van der Waals surface area contributed by atoms with Crippen LogP contribution in [0.5, 0.6) is 0 Å². The summed E-state index contributed by atoms with van der Waals surface area (Å²) in [7, 11) is 0. The fraction of sp³-hybridized carbons (Fsp3) is 0.185. The quantitative estimate of drug-likeness (QED) is 0.408. The van der Waals surface area contributed by atoms with Crippen molar-refractivity contribution in [1.29, 1.82) is 0 Å². The average molecular weight is 468 g/mol. The Morgan fingerprint density at radius 3 is 2.63 bits per heavy atom. The van der Waals surface area contributed by atoms with Crippen molar-refractivity contribution in [3.8, 4) is 11.1 Å². The first kappa shape index (κ1) is 21.4. The molecule has 3 N–H and O–H groups in total. The second-order valence-electron chi connectivity index (χ2n) is 9.28. The molecule has 1 atom stereocenters. The highest BCUT2D eigenvalue weighted by molar-refractivity contribution is 5.84. The number of imidazole rings is 1. The highest BCUT2D eigenvalue weighted by Gasteiger charge is 2.48. The molecule has 3 heterocycles. The number of fused-ring (bicyclic) bond motifs is 2. The Balaban J connectivity index is 1.43. The molecule has 1 unspecified atom stereocenters. The Kier molecular flexibility index (Phi) is 4.53. The maximum Gasteiger partial charge on any atom is 0.253 e. The predicted octanol–water partition coefficient (Wildman–Crippen LogP) is 3.86. The van der Waals surface area contributed by atoms with Crippen LogP contribution in [0.3, 0.4) is 0 Å². The Bertz CT molecular complexity index is 1640. The summed E-state index contributed by atoms with van der Waals surface area (Å²) in [6.45, 7) is 1.18. The van der Waals surface area contributed by atoms with E-state index in [0.717, 1.165) is 29.4 Å². The lowest BCUT2D eigenvalue weighted by atomic mass is 9.91. The Morgan fingerprint density at radius 2 is 1.89 bits per heavy atom. The summed E-state index contributed by atoms with van der Waals surface area (Å²) in [4.78, 5) is 25.0. The highest BCUT2D eigenvalue weighted by Crippen LogP contribution is 2.53. The fourth-order valence-corrected chi connectivity index (χ4v) is 4.79. The first-order chi connectivity index (χ1) is 16.8. The minimum absolute atomic E-state index is 0.168. The van der Waals surface area contributed by atoms with E-state index in [9.17, 15) is 14.3 Å². The number of primary amides is 1. The van der Waals surface area contributed by atoms with E-state index in [0.29, 0.717) is 16.9 Å². The third-order valence-corrected chi connectivity index (χ3v) is 7.07. The van der Waals surface area contributed by atoms with Crippen LogP contribution < -0.4 is 5.73 Å². The van der Waals surface area contributed by atoms with Crippen LogP contribution in [-0.2, 0) is 15.8 Å². The van der Waals surface area contributed by atoms with Crippen LogP contribution in [0.2, 0.25) is 0 Å². The van der Waals surface area contributed by atoms with Gasteiger partial charge >= 0.3 is 0 Å². The second-order valence-corrected chi connectivity index (χ2v) is 9.28. The van der Waals surface area contributed by atoms with E-state index in [4.69, 9.17) is 5.73 Å². The van der Waals surface area contributed by atoms with Gasteiger partial charge in [0.05, 0.1) is 17.4 Å². The summed E-state index contributed by atoms with van der Waals surface area (Å²) >= 11 is 0. The number of aliphatic hydroxyl groups is 1. The lowest BCUT2D eigenvalue weighted by Gasteiger charge is -2.20. The normalized spacial score (nSPS) is 16.3. The van der Waals surface area contributed by atoms with Gasteiger partial charge in [0, 0.05) is 40.5 Å². The van der Waals surface area contributed by atoms with Crippen molar-refractivity contribution in [2.45, 2.75) is 30.8 Å². The number of rotatable bonds is 5. The fourth-order valence-electron chi connectivity index (χ4n) is 4.79. The van der Waals surface area contributed by atoms with E-state index in [-0.39, 0.29) is 11.0 Å². The molecule has 1 amide bonds. The zero-order chi connectivity index (χ0) is 24.4. The number of hydrogen-bond donors (Lipinski definition) is 2. The molecule has 1 fully saturated rings. The van der Waals surface area contributed by atoms with E-state index in [1.54, 1.807) is 18.5 Å². The Hall–Kier alpha value is -4.17. The van der Waals surface area contributed by atoms with Gasteiger partial charge in [-0.05, 0) is 55.2 Å². The van der Waals surface area contributed by atoms with Gasteiger partial charge in [0.2, 0.25) is 5.78 Å². The predicted molar refractivity (Wildman–Crippen MR) is 129 cm³/mol. The molecule has 1 aliphatic carbocycles. The number of carbonyl (C=O) groups is 1. The van der Waals surface area contributed by atoms with E-state index in [1.807, 2.05) is 28.9 Å². The van der Waals surface area contributed by atoms with Crippen LogP contribution in [0.4, 0.5) is 4.39 Å². The van der Waals surface area contributed by atoms with Crippen molar-refractivity contribution in [3.63, 3.8) is 0 Å². The molecule has 35 heavy (non-hydrogen) atoms. The molecule has 1 saturated carbocycles. The lowest BCUT2D eigenvalue weighted by molar-refractivity contribution is -0.135. The van der Waals surface area contributed by atoms with Crippen LogP contribution in [0, 0.1) is 5.82 Å². The molecule has 5 aromatic rings. The molecular formula is C27H22FN5O2. The number of amides is 1. The van der Waals surface area contributed by atoms with Crippen LogP contribution in [0.1, 0.15) is 36.6 Å². The molecule has 6 rings (SSSR count). The van der Waals surface area contributed by atoms with E-state index >= 15 is 0 Å². The number of aromatic nitrogens is 4. The summed E-state index contributed by atoms with van der Waals surface area (Å²) in [5, 5.41) is 11.4. The molecular weight excluding hydrogens is 445 g/mol. The maximum atomic E-state index is 14.9. The molecule has 3 aromatic heterocycles.